The van der Waals surface area contributed by atoms with Crippen LogP contribution in [0.1, 0.15) is 59.7 Å². The van der Waals surface area contributed by atoms with Crippen molar-refractivity contribution in [2.45, 2.75) is 51.8 Å². The average molecular weight is 396 g/mol. The van der Waals surface area contributed by atoms with Crippen molar-refractivity contribution in [3.63, 3.8) is 0 Å². The van der Waals surface area contributed by atoms with Crippen molar-refractivity contribution in [2.24, 2.45) is 0 Å². The van der Waals surface area contributed by atoms with Crippen LogP contribution >= 0.6 is 0 Å². The summed E-state index contributed by atoms with van der Waals surface area (Å²) >= 11 is 0. The Kier molecular flexibility index (Phi) is 5.37. The van der Waals surface area contributed by atoms with Gasteiger partial charge < -0.3 is 25.2 Å². The van der Waals surface area contributed by atoms with E-state index in [0.29, 0.717) is 18.7 Å². The summed E-state index contributed by atoms with van der Waals surface area (Å²) in [6.45, 7) is 6.82. The minimum Gasteiger partial charge on any atom is -0.508 e. The molecule has 1 saturated heterocycles. The maximum Gasteiger partial charge on any atom is 0.258 e. The highest BCUT2D eigenvalue weighted by atomic mass is 16.5. The third-order valence-electron chi connectivity index (χ3n) is 5.77. The first-order valence-electron chi connectivity index (χ1n) is 10.3. The fraction of sp³-hybridized carbons (Fsp3) is 0.435. The summed E-state index contributed by atoms with van der Waals surface area (Å²) in [5, 5.41) is 23.6. The zero-order chi connectivity index (χ0) is 20.5. The van der Waals surface area contributed by atoms with Gasteiger partial charge in [-0.3, -0.25) is 4.79 Å². The molecule has 0 saturated carbocycles. The highest BCUT2D eigenvalue weighted by Crippen LogP contribution is 2.35. The van der Waals surface area contributed by atoms with Gasteiger partial charge in [0.15, 0.2) is 0 Å². The van der Waals surface area contributed by atoms with E-state index in [4.69, 9.17) is 4.74 Å². The molecule has 0 aliphatic carbocycles. The van der Waals surface area contributed by atoms with Gasteiger partial charge in [-0.1, -0.05) is 19.9 Å². The van der Waals surface area contributed by atoms with Crippen molar-refractivity contribution in [3.8, 4) is 17.2 Å². The number of hydrogen-bond acceptors (Lipinski definition) is 5. The molecular weight excluding hydrogens is 368 g/mol. The molecule has 29 heavy (non-hydrogen) atoms. The van der Waals surface area contributed by atoms with Crippen LogP contribution in [0.4, 0.5) is 0 Å². The average Bonchev–Trinajstić information content (AvgIpc) is 3.11. The summed E-state index contributed by atoms with van der Waals surface area (Å²) in [5.41, 5.74) is 3.05. The third-order valence-corrected chi connectivity index (χ3v) is 5.77. The van der Waals surface area contributed by atoms with Crippen LogP contribution in [0.2, 0.25) is 0 Å². The Morgan fingerprint density at radius 2 is 1.79 bits per heavy atom. The molecule has 2 aliphatic rings. The Hall–Kier alpha value is -2.73. The summed E-state index contributed by atoms with van der Waals surface area (Å²) in [6.07, 6.45) is 2.23. The van der Waals surface area contributed by atoms with Gasteiger partial charge in [-0.05, 0) is 66.7 Å². The SMILES string of the molecule is CC(C)c1cc(C(=O)N2Cc3ccc(OC4CCNCC4)cc3C2)c(O)cc1O. The molecule has 0 spiro atoms. The van der Waals surface area contributed by atoms with E-state index in [-0.39, 0.29) is 35.0 Å². The van der Waals surface area contributed by atoms with Gasteiger partial charge >= 0.3 is 0 Å². The van der Waals surface area contributed by atoms with Gasteiger partial charge in [0.25, 0.3) is 5.91 Å². The van der Waals surface area contributed by atoms with E-state index in [9.17, 15) is 15.0 Å². The van der Waals surface area contributed by atoms with Crippen LogP contribution < -0.4 is 10.1 Å². The van der Waals surface area contributed by atoms with Crippen LogP contribution in [0.3, 0.4) is 0 Å². The van der Waals surface area contributed by atoms with Gasteiger partial charge in [-0.2, -0.15) is 0 Å². The molecule has 6 heteroatoms. The largest absolute Gasteiger partial charge is 0.508 e. The van der Waals surface area contributed by atoms with Gasteiger partial charge in [0.05, 0.1) is 5.56 Å². The molecule has 0 atom stereocenters. The number of nitrogens with one attached hydrogen (secondary N) is 1. The molecule has 0 radical (unpaired) electrons. The second-order valence-corrected chi connectivity index (χ2v) is 8.24. The lowest BCUT2D eigenvalue weighted by Crippen LogP contribution is -2.34. The van der Waals surface area contributed by atoms with Crippen LogP contribution in [0.25, 0.3) is 0 Å². The zero-order valence-corrected chi connectivity index (χ0v) is 16.9. The van der Waals surface area contributed by atoms with Crippen molar-refractivity contribution in [1.82, 2.24) is 10.2 Å². The first-order valence-corrected chi connectivity index (χ1v) is 10.3. The number of fused-ring (bicyclic) bond motifs is 1. The molecule has 1 fully saturated rings. The summed E-state index contributed by atoms with van der Waals surface area (Å²) in [7, 11) is 0. The van der Waals surface area contributed by atoms with Crippen LogP contribution in [0.5, 0.6) is 17.2 Å². The summed E-state index contributed by atoms with van der Waals surface area (Å²) < 4.78 is 6.12. The number of phenols is 2. The Bertz CT molecular complexity index is 919. The lowest BCUT2D eigenvalue weighted by Gasteiger charge is -2.24. The lowest BCUT2D eigenvalue weighted by molar-refractivity contribution is 0.0748. The van der Waals surface area contributed by atoms with Crippen LogP contribution in [-0.2, 0) is 13.1 Å². The Labute approximate surface area is 171 Å². The van der Waals surface area contributed by atoms with Gasteiger partial charge in [-0.25, -0.2) is 0 Å². The van der Waals surface area contributed by atoms with Crippen LogP contribution in [-0.4, -0.2) is 40.2 Å². The monoisotopic (exact) mass is 396 g/mol. The Morgan fingerprint density at radius 1 is 1.07 bits per heavy atom. The van der Waals surface area contributed by atoms with Crippen molar-refractivity contribution in [1.29, 1.82) is 0 Å². The highest BCUT2D eigenvalue weighted by molar-refractivity contribution is 5.97. The number of piperidine rings is 1. The van der Waals surface area contributed by atoms with E-state index >= 15 is 0 Å². The number of hydrogen-bond donors (Lipinski definition) is 3. The smallest absolute Gasteiger partial charge is 0.258 e. The highest BCUT2D eigenvalue weighted by Gasteiger charge is 2.28. The second-order valence-electron chi connectivity index (χ2n) is 8.24. The quantitative estimate of drug-likeness (QED) is 0.737. The Morgan fingerprint density at radius 3 is 2.52 bits per heavy atom. The molecule has 2 aromatic rings. The summed E-state index contributed by atoms with van der Waals surface area (Å²) in [4.78, 5) is 14.8. The maximum absolute atomic E-state index is 13.1. The third kappa shape index (κ3) is 4.03. The molecule has 1 amide bonds. The molecule has 154 valence electrons. The molecule has 0 aromatic heterocycles. The fourth-order valence-corrected chi connectivity index (χ4v) is 4.09. The topological polar surface area (TPSA) is 82.0 Å². The zero-order valence-electron chi connectivity index (χ0n) is 16.9. The minimum atomic E-state index is -0.235. The molecule has 6 nitrogen and oxygen atoms in total. The number of phenolic OH excluding ortho intramolecular Hbond substituents is 2. The second kappa shape index (κ2) is 7.95. The predicted octanol–water partition coefficient (Wildman–Crippen LogP) is 3.51. The minimum absolute atomic E-state index is 0.0125. The van der Waals surface area contributed by atoms with E-state index in [1.165, 1.54) is 6.07 Å². The van der Waals surface area contributed by atoms with Crippen molar-refractivity contribution >= 4 is 5.91 Å². The van der Waals surface area contributed by atoms with Gasteiger partial charge in [-0.15, -0.1) is 0 Å². The number of carbonyl (C=O) groups is 1. The van der Waals surface area contributed by atoms with E-state index in [1.54, 1.807) is 11.0 Å². The molecule has 2 heterocycles. The molecule has 0 bridgehead atoms. The van der Waals surface area contributed by atoms with E-state index < -0.39 is 0 Å². The first-order chi connectivity index (χ1) is 13.9. The molecule has 2 aliphatic heterocycles. The standard InChI is InChI=1S/C23H28N2O4/c1-14(2)19-10-20(22(27)11-21(19)26)23(28)25-12-15-3-4-18(9-16(15)13-25)29-17-5-7-24-8-6-17/h3-4,9-11,14,17,24,26-27H,5-8,12-13H2,1-2H3. The van der Waals surface area contributed by atoms with E-state index in [0.717, 1.165) is 42.8 Å². The number of carbonyl (C=O) groups excluding carboxylic acids is 1. The molecular formula is C23H28N2O4. The number of amides is 1. The fourth-order valence-electron chi connectivity index (χ4n) is 4.09. The number of nitrogens with zero attached hydrogens (tertiary/aromatic N) is 1. The number of benzene rings is 2. The molecule has 4 rings (SSSR count). The molecule has 3 N–H and O–H groups in total. The molecule has 0 unspecified atom stereocenters. The van der Waals surface area contributed by atoms with Gasteiger partial charge in [0.2, 0.25) is 0 Å². The van der Waals surface area contributed by atoms with Crippen molar-refractivity contribution in [2.75, 3.05) is 13.1 Å². The molecule has 2 aromatic carbocycles. The number of aromatic hydroxyl groups is 2. The van der Waals surface area contributed by atoms with Crippen LogP contribution in [0, 0.1) is 0 Å². The summed E-state index contributed by atoms with van der Waals surface area (Å²) in [6, 6.07) is 8.89. The van der Waals surface area contributed by atoms with Gasteiger partial charge in [0.1, 0.15) is 23.4 Å². The van der Waals surface area contributed by atoms with Crippen LogP contribution in [0.15, 0.2) is 30.3 Å². The van der Waals surface area contributed by atoms with Crippen molar-refractivity contribution in [3.05, 3.63) is 52.6 Å². The summed E-state index contributed by atoms with van der Waals surface area (Å²) in [5.74, 6) is 0.481. The maximum atomic E-state index is 13.1. The Balaban J connectivity index is 1.50. The lowest BCUT2D eigenvalue weighted by atomic mass is 9.98. The predicted molar refractivity (Wildman–Crippen MR) is 110 cm³/mol. The number of rotatable bonds is 4. The van der Waals surface area contributed by atoms with Crippen molar-refractivity contribution < 1.29 is 19.7 Å². The normalized spacial score (nSPS) is 16.9. The first kappa shape index (κ1) is 19.6. The van der Waals surface area contributed by atoms with E-state index in [1.807, 2.05) is 32.0 Å². The van der Waals surface area contributed by atoms with E-state index in [2.05, 4.69) is 5.32 Å². The number of ether oxygens (including phenoxy) is 1. The van der Waals surface area contributed by atoms with Gasteiger partial charge in [0, 0.05) is 19.2 Å².